The molecule has 8 nitrogen and oxygen atoms in total. The zero-order valence-electron chi connectivity index (χ0n) is 19.2. The largest absolute Gasteiger partial charge is 0.508 e. The van der Waals surface area contributed by atoms with Gasteiger partial charge in [-0.15, -0.1) is 0 Å². The number of carbonyl (C=O) groups is 1. The van der Waals surface area contributed by atoms with Crippen LogP contribution in [0.3, 0.4) is 0 Å². The highest BCUT2D eigenvalue weighted by molar-refractivity contribution is 7.09. The molecule has 4 rings (SSSR count). The van der Waals surface area contributed by atoms with E-state index in [0.29, 0.717) is 28.9 Å². The number of nitrogens with one attached hydrogen (secondary N) is 2. The van der Waals surface area contributed by atoms with E-state index in [9.17, 15) is 15.0 Å². The molecule has 0 fully saturated rings. The Hall–Kier alpha value is -3.33. The second-order valence-electron chi connectivity index (χ2n) is 8.61. The molecule has 2 aromatic carbocycles. The number of urea groups is 1. The molecule has 9 heteroatoms. The van der Waals surface area contributed by atoms with Crippen molar-refractivity contribution in [1.29, 1.82) is 0 Å². The van der Waals surface area contributed by atoms with Crippen molar-refractivity contribution in [2.24, 2.45) is 0 Å². The molecule has 0 radical (unpaired) electrons. The molecule has 3 aromatic rings. The minimum Gasteiger partial charge on any atom is -0.508 e. The summed E-state index contributed by atoms with van der Waals surface area (Å²) >= 11 is 1.14. The molecule has 2 heterocycles. The number of benzene rings is 2. The topological polar surface area (TPSA) is 111 Å². The molecule has 0 unspecified atom stereocenters. The summed E-state index contributed by atoms with van der Waals surface area (Å²) < 4.78 is 4.26. The first-order valence-corrected chi connectivity index (χ1v) is 11.9. The molecule has 4 N–H and O–H groups in total. The van der Waals surface area contributed by atoms with Crippen LogP contribution in [0.4, 0.5) is 27.0 Å². The third kappa shape index (κ3) is 4.08. The molecular formula is C24H29N5O3S. The molecule has 2 amide bonds. The first-order valence-electron chi connectivity index (χ1n) is 11.1. The number of aromatic hydroxyl groups is 2. The Labute approximate surface area is 197 Å². The number of carbonyl (C=O) groups excluding carboxylic acids is 1. The third-order valence-electron chi connectivity index (χ3n) is 6.37. The first-order chi connectivity index (χ1) is 15.8. The fourth-order valence-corrected chi connectivity index (χ4v) is 5.15. The van der Waals surface area contributed by atoms with Crippen molar-refractivity contribution in [1.82, 2.24) is 9.36 Å². The number of hydrogen-bond donors (Lipinski definition) is 4. The highest BCUT2D eigenvalue weighted by Crippen LogP contribution is 2.55. The summed E-state index contributed by atoms with van der Waals surface area (Å²) in [6, 6.07) is 10.1. The van der Waals surface area contributed by atoms with E-state index in [4.69, 9.17) is 0 Å². The zero-order chi connectivity index (χ0) is 23.8. The van der Waals surface area contributed by atoms with E-state index in [0.717, 1.165) is 35.6 Å². The summed E-state index contributed by atoms with van der Waals surface area (Å²) in [7, 11) is 0. The van der Waals surface area contributed by atoms with E-state index >= 15 is 0 Å². The highest BCUT2D eigenvalue weighted by atomic mass is 32.1. The number of phenolic OH excluding ortho intramolecular Hbond substituents is 2. The molecule has 1 aliphatic rings. The van der Waals surface area contributed by atoms with Gasteiger partial charge < -0.3 is 20.4 Å². The number of rotatable bonds is 6. The van der Waals surface area contributed by atoms with Crippen LogP contribution in [0.5, 0.6) is 11.5 Å². The Morgan fingerprint density at radius 3 is 2.48 bits per heavy atom. The van der Waals surface area contributed by atoms with Crippen molar-refractivity contribution in [3.63, 3.8) is 0 Å². The molecule has 0 bridgehead atoms. The second kappa shape index (κ2) is 8.90. The summed E-state index contributed by atoms with van der Waals surface area (Å²) in [6.45, 7) is 8.75. The molecular weight excluding hydrogens is 438 g/mol. The lowest BCUT2D eigenvalue weighted by atomic mass is 9.77. The molecule has 0 aliphatic carbocycles. The normalized spacial score (nSPS) is 14.4. The van der Waals surface area contributed by atoms with Gasteiger partial charge in [0.25, 0.3) is 0 Å². The number of anilines is 4. The SMILES string of the molecule is CCC1(CC)CN(c2ccccc2NC(=O)Nc2nc(C(C)C)ns2)c2c(O)ccc(O)c21. The number of fused-ring (bicyclic) bond motifs is 1. The van der Waals surface area contributed by atoms with E-state index in [1.807, 2.05) is 43.0 Å². The lowest BCUT2D eigenvalue weighted by Gasteiger charge is -2.29. The average molecular weight is 468 g/mol. The minimum atomic E-state index is -0.425. The van der Waals surface area contributed by atoms with Crippen molar-refractivity contribution < 1.29 is 15.0 Å². The quantitative estimate of drug-likeness (QED) is 0.335. The standard InChI is InChI=1S/C24H29N5O3S/c1-5-24(6-2)13-29(20-18(31)12-11-17(30)19(20)24)16-10-8-7-9-15(16)25-22(32)27-23-26-21(14(3)4)28-33-23/h7-12,14,30-31H,5-6,13H2,1-4H3,(H2,25,26,27,28,32). The first kappa shape index (κ1) is 22.8. The number of amides is 2. The molecule has 1 aliphatic heterocycles. The van der Waals surface area contributed by atoms with Crippen LogP contribution in [0.2, 0.25) is 0 Å². The number of para-hydroxylation sites is 2. The van der Waals surface area contributed by atoms with Crippen LogP contribution < -0.4 is 15.5 Å². The van der Waals surface area contributed by atoms with Gasteiger partial charge in [-0.25, -0.2) is 9.78 Å². The molecule has 174 valence electrons. The molecule has 0 saturated heterocycles. The Bertz CT molecular complexity index is 1170. The summed E-state index contributed by atoms with van der Waals surface area (Å²) in [5, 5.41) is 27.6. The smallest absolute Gasteiger partial charge is 0.325 e. The van der Waals surface area contributed by atoms with Gasteiger partial charge in [-0.05, 0) is 37.1 Å². The minimum absolute atomic E-state index is 0.0981. The van der Waals surface area contributed by atoms with Crippen molar-refractivity contribution in [3.8, 4) is 11.5 Å². The van der Waals surface area contributed by atoms with Gasteiger partial charge in [0.2, 0.25) is 5.13 Å². The predicted molar refractivity (Wildman–Crippen MR) is 132 cm³/mol. The van der Waals surface area contributed by atoms with Crippen LogP contribution in [0.15, 0.2) is 36.4 Å². The highest BCUT2D eigenvalue weighted by Gasteiger charge is 2.44. The second-order valence-corrected chi connectivity index (χ2v) is 9.36. The lowest BCUT2D eigenvalue weighted by molar-refractivity contribution is 0.262. The molecule has 1 aromatic heterocycles. The fourth-order valence-electron chi connectivity index (χ4n) is 4.44. The van der Waals surface area contributed by atoms with E-state index in [1.54, 1.807) is 6.07 Å². The zero-order valence-corrected chi connectivity index (χ0v) is 20.0. The lowest BCUT2D eigenvalue weighted by Crippen LogP contribution is -2.31. The average Bonchev–Trinajstić information content (AvgIpc) is 3.40. The summed E-state index contributed by atoms with van der Waals surface area (Å²) in [5.41, 5.74) is 2.34. The Kier molecular flexibility index (Phi) is 6.16. The Balaban J connectivity index is 1.67. The maximum Gasteiger partial charge on any atom is 0.325 e. The molecule has 0 saturated carbocycles. The molecule has 0 atom stereocenters. The monoisotopic (exact) mass is 467 g/mol. The van der Waals surface area contributed by atoms with E-state index in [2.05, 4.69) is 33.8 Å². The molecule has 0 spiro atoms. The van der Waals surface area contributed by atoms with Crippen LogP contribution in [0.25, 0.3) is 0 Å². The molecule has 33 heavy (non-hydrogen) atoms. The summed E-state index contributed by atoms with van der Waals surface area (Å²) in [5.74, 6) is 1.14. The van der Waals surface area contributed by atoms with E-state index < -0.39 is 6.03 Å². The van der Waals surface area contributed by atoms with Gasteiger partial charge in [-0.1, -0.05) is 39.8 Å². The van der Waals surface area contributed by atoms with Crippen LogP contribution >= 0.6 is 11.5 Å². The van der Waals surface area contributed by atoms with E-state index in [-0.39, 0.29) is 22.8 Å². The maximum absolute atomic E-state index is 12.7. The van der Waals surface area contributed by atoms with Gasteiger partial charge in [0.05, 0.1) is 17.1 Å². The van der Waals surface area contributed by atoms with Crippen LogP contribution in [0, 0.1) is 0 Å². The van der Waals surface area contributed by atoms with Gasteiger partial charge in [0.1, 0.15) is 17.3 Å². The van der Waals surface area contributed by atoms with Gasteiger partial charge in [-0.3, -0.25) is 5.32 Å². The Morgan fingerprint density at radius 2 is 1.82 bits per heavy atom. The van der Waals surface area contributed by atoms with Gasteiger partial charge >= 0.3 is 6.03 Å². The number of nitrogens with zero attached hydrogens (tertiary/aromatic N) is 3. The van der Waals surface area contributed by atoms with Crippen LogP contribution in [-0.2, 0) is 5.41 Å². The summed E-state index contributed by atoms with van der Waals surface area (Å²) in [4.78, 5) is 19.1. The number of aromatic nitrogens is 2. The van der Waals surface area contributed by atoms with Crippen LogP contribution in [0.1, 0.15) is 57.8 Å². The number of hydrogen-bond acceptors (Lipinski definition) is 7. The van der Waals surface area contributed by atoms with Crippen molar-refractivity contribution in [3.05, 3.63) is 47.8 Å². The van der Waals surface area contributed by atoms with Crippen molar-refractivity contribution in [2.45, 2.75) is 51.9 Å². The number of phenols is 2. The predicted octanol–water partition coefficient (Wildman–Crippen LogP) is 5.93. The van der Waals surface area contributed by atoms with Crippen molar-refractivity contribution >= 4 is 39.8 Å². The summed E-state index contributed by atoms with van der Waals surface area (Å²) in [6.07, 6.45) is 1.60. The van der Waals surface area contributed by atoms with Crippen molar-refractivity contribution in [2.75, 3.05) is 22.1 Å². The third-order valence-corrected chi connectivity index (χ3v) is 7.02. The Morgan fingerprint density at radius 1 is 1.12 bits per heavy atom. The van der Waals surface area contributed by atoms with Gasteiger partial charge in [0, 0.05) is 35.0 Å². The maximum atomic E-state index is 12.7. The van der Waals surface area contributed by atoms with Crippen LogP contribution in [-0.4, -0.2) is 32.1 Å². The van der Waals surface area contributed by atoms with Gasteiger partial charge in [-0.2, -0.15) is 4.37 Å². The van der Waals surface area contributed by atoms with E-state index in [1.165, 1.54) is 6.07 Å². The van der Waals surface area contributed by atoms with Gasteiger partial charge in [0.15, 0.2) is 0 Å². The fraction of sp³-hybridized carbons (Fsp3) is 0.375.